The highest BCUT2D eigenvalue weighted by Gasteiger charge is 2.02. The van der Waals surface area contributed by atoms with Crippen molar-refractivity contribution in [2.75, 3.05) is 0 Å². The average molecular weight is 283 g/mol. The van der Waals surface area contributed by atoms with Gasteiger partial charge in [0.25, 0.3) is 0 Å². The lowest BCUT2D eigenvalue weighted by atomic mass is 10.2. The normalized spacial score (nSPS) is 10.6. The summed E-state index contributed by atoms with van der Waals surface area (Å²) in [7, 11) is 0. The fraction of sp³-hybridized carbons (Fsp3) is 0.143. The van der Waals surface area contributed by atoms with Gasteiger partial charge in [-0.05, 0) is 35.4 Å². The first-order valence-electron chi connectivity index (χ1n) is 5.45. The highest BCUT2D eigenvalue weighted by Crippen LogP contribution is 2.25. The topological polar surface area (TPSA) is 20.2 Å². The van der Waals surface area contributed by atoms with E-state index >= 15 is 0 Å². The summed E-state index contributed by atoms with van der Waals surface area (Å²) in [6, 6.07) is 12.5. The predicted molar refractivity (Wildman–Crippen MR) is 73.3 cm³/mol. The molecule has 0 fully saturated rings. The molecule has 2 aromatic carbocycles. The number of hydrogen-bond donors (Lipinski definition) is 1. The van der Waals surface area contributed by atoms with Gasteiger partial charge in [0.15, 0.2) is 0 Å². The molecule has 0 heterocycles. The lowest BCUT2D eigenvalue weighted by Gasteiger charge is -2.04. The number of benzene rings is 2. The summed E-state index contributed by atoms with van der Waals surface area (Å²) < 4.78 is 13.2. The zero-order valence-corrected chi connectivity index (χ0v) is 11.1. The first kappa shape index (κ1) is 13.4. The molecule has 0 aromatic heterocycles. The van der Waals surface area contributed by atoms with Crippen molar-refractivity contribution in [3.05, 3.63) is 64.4 Å². The Morgan fingerprint density at radius 3 is 2.67 bits per heavy atom. The molecule has 1 nitrogen and oxygen atoms in total. The van der Waals surface area contributed by atoms with Crippen molar-refractivity contribution in [1.29, 1.82) is 0 Å². The van der Waals surface area contributed by atoms with Gasteiger partial charge in [0, 0.05) is 10.6 Å². The van der Waals surface area contributed by atoms with Gasteiger partial charge in [-0.3, -0.25) is 0 Å². The van der Waals surface area contributed by atoms with E-state index in [0.717, 1.165) is 16.0 Å². The van der Waals surface area contributed by atoms with Crippen LogP contribution in [0.1, 0.15) is 11.1 Å². The first-order valence-corrected chi connectivity index (χ1v) is 6.82. The second-order valence-corrected chi connectivity index (χ2v) is 5.30. The number of hydrogen-bond acceptors (Lipinski definition) is 2. The van der Waals surface area contributed by atoms with E-state index in [-0.39, 0.29) is 17.4 Å². The zero-order valence-electron chi connectivity index (χ0n) is 9.57. The quantitative estimate of drug-likeness (QED) is 0.846. The Hall–Kier alpha value is -1.03. The fourth-order valence-corrected chi connectivity index (χ4v) is 2.57. The molecule has 94 valence electrons. The number of halogens is 2. The summed E-state index contributed by atoms with van der Waals surface area (Å²) in [5, 5.41) is 9.19. The van der Waals surface area contributed by atoms with E-state index in [4.69, 9.17) is 16.7 Å². The van der Waals surface area contributed by atoms with Gasteiger partial charge in [-0.15, -0.1) is 11.8 Å². The standard InChI is InChI=1S/C14H12ClFOS/c15-13-5-4-11(7-14(13)16)9-18-12-3-1-2-10(6-12)8-17/h1-7,17H,8-9H2. The minimum absolute atomic E-state index is 0.0317. The molecule has 0 aliphatic carbocycles. The van der Waals surface area contributed by atoms with E-state index in [1.807, 2.05) is 30.3 Å². The second kappa shape index (κ2) is 6.23. The molecule has 4 heteroatoms. The van der Waals surface area contributed by atoms with E-state index < -0.39 is 0 Å². The van der Waals surface area contributed by atoms with Crippen LogP contribution >= 0.6 is 23.4 Å². The van der Waals surface area contributed by atoms with Crippen molar-refractivity contribution in [1.82, 2.24) is 0 Å². The van der Waals surface area contributed by atoms with E-state index in [2.05, 4.69) is 0 Å². The Morgan fingerprint density at radius 2 is 1.94 bits per heavy atom. The molecule has 0 amide bonds. The lowest BCUT2D eigenvalue weighted by molar-refractivity contribution is 0.281. The van der Waals surface area contributed by atoms with Crippen molar-refractivity contribution in [2.45, 2.75) is 17.3 Å². The molecule has 0 saturated carbocycles. The van der Waals surface area contributed by atoms with Gasteiger partial charge >= 0.3 is 0 Å². The van der Waals surface area contributed by atoms with Gasteiger partial charge in [0.1, 0.15) is 5.82 Å². The Labute approximate surface area is 115 Å². The minimum Gasteiger partial charge on any atom is -0.392 e. The van der Waals surface area contributed by atoms with E-state index in [1.165, 1.54) is 6.07 Å². The molecule has 0 radical (unpaired) electrons. The van der Waals surface area contributed by atoms with Crippen LogP contribution in [-0.4, -0.2) is 5.11 Å². The van der Waals surface area contributed by atoms with Crippen molar-refractivity contribution in [3.63, 3.8) is 0 Å². The zero-order chi connectivity index (χ0) is 13.0. The first-order chi connectivity index (χ1) is 8.69. The molecule has 0 unspecified atom stereocenters. The van der Waals surface area contributed by atoms with E-state index in [0.29, 0.717) is 5.75 Å². The Morgan fingerprint density at radius 1 is 1.11 bits per heavy atom. The summed E-state index contributed by atoms with van der Waals surface area (Å²) >= 11 is 7.22. The molecule has 0 aliphatic rings. The van der Waals surface area contributed by atoms with Crippen LogP contribution in [0.15, 0.2) is 47.4 Å². The molecule has 0 aliphatic heterocycles. The van der Waals surface area contributed by atoms with Crippen LogP contribution in [0.2, 0.25) is 5.02 Å². The highest BCUT2D eigenvalue weighted by atomic mass is 35.5. The maximum absolute atomic E-state index is 13.2. The molecule has 2 aromatic rings. The number of rotatable bonds is 4. The highest BCUT2D eigenvalue weighted by molar-refractivity contribution is 7.98. The minimum atomic E-state index is -0.390. The maximum atomic E-state index is 13.2. The smallest absolute Gasteiger partial charge is 0.142 e. The number of thioether (sulfide) groups is 1. The van der Waals surface area contributed by atoms with Crippen molar-refractivity contribution < 1.29 is 9.50 Å². The van der Waals surface area contributed by atoms with Gasteiger partial charge in [-0.1, -0.05) is 29.8 Å². The van der Waals surface area contributed by atoms with Crippen LogP contribution in [0, 0.1) is 5.82 Å². The summed E-state index contributed by atoms with van der Waals surface area (Å²) in [4.78, 5) is 1.05. The van der Waals surface area contributed by atoms with Crippen LogP contribution in [0.25, 0.3) is 0 Å². The van der Waals surface area contributed by atoms with E-state index in [1.54, 1.807) is 17.8 Å². The van der Waals surface area contributed by atoms with Crippen molar-refractivity contribution >= 4 is 23.4 Å². The molecule has 2 rings (SSSR count). The summed E-state index contributed by atoms with van der Waals surface area (Å²) in [6.07, 6.45) is 0. The summed E-state index contributed by atoms with van der Waals surface area (Å²) in [5.74, 6) is 0.280. The van der Waals surface area contributed by atoms with Gasteiger partial charge < -0.3 is 5.11 Å². The number of aliphatic hydroxyl groups is 1. The molecular formula is C14H12ClFOS. The van der Waals surface area contributed by atoms with Crippen LogP contribution in [0.5, 0.6) is 0 Å². The third-order valence-electron chi connectivity index (χ3n) is 2.47. The molecule has 0 bridgehead atoms. The maximum Gasteiger partial charge on any atom is 0.142 e. The van der Waals surface area contributed by atoms with Gasteiger partial charge in [0.05, 0.1) is 11.6 Å². The third-order valence-corrected chi connectivity index (χ3v) is 3.84. The summed E-state index contributed by atoms with van der Waals surface area (Å²) in [5.41, 5.74) is 1.76. The van der Waals surface area contributed by atoms with Crippen molar-refractivity contribution in [3.8, 4) is 0 Å². The van der Waals surface area contributed by atoms with E-state index in [9.17, 15) is 4.39 Å². The predicted octanol–water partition coefficient (Wildman–Crippen LogP) is 4.26. The monoisotopic (exact) mass is 282 g/mol. The van der Waals surface area contributed by atoms with Gasteiger partial charge in [-0.2, -0.15) is 0 Å². The summed E-state index contributed by atoms with van der Waals surface area (Å²) in [6.45, 7) is 0.0317. The molecule has 0 saturated heterocycles. The second-order valence-electron chi connectivity index (χ2n) is 3.84. The third kappa shape index (κ3) is 3.48. The molecule has 1 N–H and O–H groups in total. The van der Waals surface area contributed by atoms with Crippen LogP contribution < -0.4 is 0 Å². The lowest BCUT2D eigenvalue weighted by Crippen LogP contribution is -1.86. The molecule has 18 heavy (non-hydrogen) atoms. The SMILES string of the molecule is OCc1cccc(SCc2ccc(Cl)c(F)c2)c1. The molecule has 0 atom stereocenters. The van der Waals surface area contributed by atoms with Gasteiger partial charge in [0.2, 0.25) is 0 Å². The van der Waals surface area contributed by atoms with Crippen LogP contribution in [0.4, 0.5) is 4.39 Å². The molecule has 0 spiro atoms. The molecular weight excluding hydrogens is 271 g/mol. The van der Waals surface area contributed by atoms with Crippen LogP contribution in [-0.2, 0) is 12.4 Å². The Bertz CT molecular complexity index is 545. The van der Waals surface area contributed by atoms with Crippen molar-refractivity contribution in [2.24, 2.45) is 0 Å². The number of aliphatic hydroxyl groups excluding tert-OH is 1. The average Bonchev–Trinajstić information content (AvgIpc) is 2.40. The van der Waals surface area contributed by atoms with Gasteiger partial charge in [-0.25, -0.2) is 4.39 Å². The van der Waals surface area contributed by atoms with Crippen LogP contribution in [0.3, 0.4) is 0 Å². The Kier molecular flexibility index (Phi) is 4.64. The largest absolute Gasteiger partial charge is 0.392 e. The fourth-order valence-electron chi connectivity index (χ4n) is 1.53. The Balaban J connectivity index is 2.04.